The van der Waals surface area contributed by atoms with E-state index in [1.807, 2.05) is 18.2 Å². The fourth-order valence-corrected chi connectivity index (χ4v) is 3.36. The van der Waals surface area contributed by atoms with Crippen molar-refractivity contribution in [3.63, 3.8) is 0 Å². The molecule has 1 aromatic rings. The molecule has 0 radical (unpaired) electrons. The Morgan fingerprint density at radius 1 is 1.12 bits per heavy atom. The van der Waals surface area contributed by atoms with Crippen molar-refractivity contribution in [2.24, 2.45) is 5.41 Å². The molecule has 0 amide bonds. The molecule has 1 aliphatic carbocycles. The molecule has 0 unspecified atom stereocenters. The molecule has 0 bridgehead atoms. The molecule has 0 aromatic heterocycles. The second-order valence-electron chi connectivity index (χ2n) is 5.63. The van der Waals surface area contributed by atoms with Crippen molar-refractivity contribution in [2.75, 3.05) is 18.0 Å². The Morgan fingerprint density at radius 3 is 2.59 bits per heavy atom. The van der Waals surface area contributed by atoms with E-state index in [1.54, 1.807) is 0 Å². The summed E-state index contributed by atoms with van der Waals surface area (Å²) in [5, 5.41) is 0. The second-order valence-corrected chi connectivity index (χ2v) is 5.63. The molecule has 0 atom stereocenters. The quantitative estimate of drug-likeness (QED) is 0.725. The minimum Gasteiger partial charge on any atom is -0.370 e. The highest BCUT2D eigenvalue weighted by molar-refractivity contribution is 5.77. The number of hydrogen-bond donors (Lipinski definition) is 0. The summed E-state index contributed by atoms with van der Waals surface area (Å²) < 4.78 is 0. The van der Waals surface area contributed by atoms with E-state index in [0.717, 1.165) is 11.8 Å². The molecular formula is C15H19NO. The third-order valence-corrected chi connectivity index (χ3v) is 4.34. The average molecular weight is 229 g/mol. The van der Waals surface area contributed by atoms with Crippen molar-refractivity contribution >= 4 is 12.0 Å². The molecule has 1 saturated heterocycles. The molecular weight excluding hydrogens is 210 g/mol. The summed E-state index contributed by atoms with van der Waals surface area (Å²) in [5.41, 5.74) is 2.60. The van der Waals surface area contributed by atoms with Crippen LogP contribution in [0, 0.1) is 5.41 Å². The zero-order valence-corrected chi connectivity index (χ0v) is 10.2. The van der Waals surface area contributed by atoms with Gasteiger partial charge >= 0.3 is 0 Å². The zero-order chi connectivity index (χ0) is 11.7. The summed E-state index contributed by atoms with van der Waals surface area (Å²) in [7, 11) is 0. The van der Waals surface area contributed by atoms with Crippen molar-refractivity contribution in [3.05, 3.63) is 29.8 Å². The van der Waals surface area contributed by atoms with E-state index in [1.165, 1.54) is 50.9 Å². The van der Waals surface area contributed by atoms with Gasteiger partial charge in [-0.25, -0.2) is 0 Å². The smallest absolute Gasteiger partial charge is 0.150 e. The van der Waals surface area contributed by atoms with Crippen LogP contribution in [0.4, 0.5) is 5.69 Å². The van der Waals surface area contributed by atoms with Crippen LogP contribution < -0.4 is 4.90 Å². The number of carbonyl (C=O) groups is 1. The van der Waals surface area contributed by atoms with Crippen LogP contribution >= 0.6 is 0 Å². The molecule has 17 heavy (non-hydrogen) atoms. The first kappa shape index (κ1) is 10.8. The third-order valence-electron chi connectivity index (χ3n) is 4.34. The van der Waals surface area contributed by atoms with Gasteiger partial charge in [0.15, 0.2) is 0 Å². The van der Waals surface area contributed by atoms with E-state index in [0.29, 0.717) is 5.41 Å². The van der Waals surface area contributed by atoms with Gasteiger partial charge < -0.3 is 4.90 Å². The topological polar surface area (TPSA) is 20.3 Å². The van der Waals surface area contributed by atoms with E-state index in [4.69, 9.17) is 0 Å². The lowest BCUT2D eigenvalue weighted by molar-refractivity contribution is 0.112. The fourth-order valence-electron chi connectivity index (χ4n) is 3.36. The number of benzene rings is 1. The summed E-state index contributed by atoms with van der Waals surface area (Å²) in [6, 6.07) is 7.96. The van der Waals surface area contributed by atoms with Crippen LogP contribution in [0.15, 0.2) is 24.3 Å². The van der Waals surface area contributed by atoms with Crippen molar-refractivity contribution in [3.8, 4) is 0 Å². The van der Waals surface area contributed by atoms with Crippen LogP contribution in [0.3, 0.4) is 0 Å². The van der Waals surface area contributed by atoms with E-state index >= 15 is 0 Å². The number of anilines is 1. The first-order valence-electron chi connectivity index (χ1n) is 6.62. The molecule has 2 nitrogen and oxygen atoms in total. The Labute approximate surface area is 103 Å². The summed E-state index contributed by atoms with van der Waals surface area (Å²) in [4.78, 5) is 13.2. The van der Waals surface area contributed by atoms with Crippen molar-refractivity contribution in [2.45, 2.75) is 32.1 Å². The molecule has 90 valence electrons. The monoisotopic (exact) mass is 229 g/mol. The van der Waals surface area contributed by atoms with Gasteiger partial charge in [0.25, 0.3) is 0 Å². The van der Waals surface area contributed by atoms with E-state index < -0.39 is 0 Å². The molecule has 1 heterocycles. The minimum atomic E-state index is 0.607. The highest BCUT2D eigenvalue weighted by Gasteiger charge is 2.43. The van der Waals surface area contributed by atoms with Gasteiger partial charge in [-0.15, -0.1) is 0 Å². The van der Waals surface area contributed by atoms with Gasteiger partial charge in [0.05, 0.1) is 0 Å². The van der Waals surface area contributed by atoms with Crippen molar-refractivity contribution in [1.82, 2.24) is 0 Å². The largest absolute Gasteiger partial charge is 0.370 e. The SMILES string of the molecule is O=Cc1cccc(N2CC3(CCCCC3)C2)c1. The Balaban J connectivity index is 1.69. The molecule has 1 saturated carbocycles. The van der Waals surface area contributed by atoms with Gasteiger partial charge in [-0.3, -0.25) is 4.79 Å². The van der Waals surface area contributed by atoms with Crippen LogP contribution in [0.25, 0.3) is 0 Å². The van der Waals surface area contributed by atoms with Crippen LogP contribution in [0.1, 0.15) is 42.5 Å². The van der Waals surface area contributed by atoms with Gasteiger partial charge in [0.1, 0.15) is 6.29 Å². The highest BCUT2D eigenvalue weighted by atomic mass is 16.1. The van der Waals surface area contributed by atoms with Crippen molar-refractivity contribution in [1.29, 1.82) is 0 Å². The van der Waals surface area contributed by atoms with Gasteiger partial charge in [-0.05, 0) is 25.0 Å². The maximum Gasteiger partial charge on any atom is 0.150 e. The first-order valence-corrected chi connectivity index (χ1v) is 6.62. The Bertz CT molecular complexity index is 413. The second kappa shape index (κ2) is 4.17. The molecule has 2 fully saturated rings. The van der Waals surface area contributed by atoms with Gasteiger partial charge in [0, 0.05) is 29.8 Å². The lowest BCUT2D eigenvalue weighted by Crippen LogP contribution is -2.57. The standard InChI is InChI=1S/C15H19NO/c17-10-13-5-4-6-14(9-13)16-11-15(12-16)7-2-1-3-8-15/h4-6,9-10H,1-3,7-8,11-12H2. The predicted molar refractivity (Wildman–Crippen MR) is 69.6 cm³/mol. The maximum atomic E-state index is 10.8. The molecule has 0 N–H and O–H groups in total. The summed E-state index contributed by atoms with van der Waals surface area (Å²) in [6.45, 7) is 2.38. The molecule has 1 spiro atoms. The van der Waals surface area contributed by atoms with Crippen LogP contribution in [0.2, 0.25) is 0 Å². The average Bonchev–Trinajstić information content (AvgIpc) is 2.37. The molecule has 1 aromatic carbocycles. The number of rotatable bonds is 2. The number of nitrogens with zero attached hydrogens (tertiary/aromatic N) is 1. The lowest BCUT2D eigenvalue weighted by atomic mass is 9.68. The number of hydrogen-bond acceptors (Lipinski definition) is 2. The molecule has 2 heteroatoms. The fraction of sp³-hybridized carbons (Fsp3) is 0.533. The van der Waals surface area contributed by atoms with Gasteiger partial charge in [-0.2, -0.15) is 0 Å². The highest BCUT2D eigenvalue weighted by Crippen LogP contribution is 2.45. The molecule has 1 aliphatic heterocycles. The number of aldehydes is 1. The van der Waals surface area contributed by atoms with E-state index in [2.05, 4.69) is 11.0 Å². The Kier molecular flexibility index (Phi) is 2.65. The van der Waals surface area contributed by atoms with Crippen LogP contribution in [0.5, 0.6) is 0 Å². The first-order chi connectivity index (χ1) is 8.31. The van der Waals surface area contributed by atoms with E-state index in [9.17, 15) is 4.79 Å². The Morgan fingerprint density at radius 2 is 1.88 bits per heavy atom. The minimum absolute atomic E-state index is 0.607. The summed E-state index contributed by atoms with van der Waals surface area (Å²) in [6.07, 6.45) is 7.96. The van der Waals surface area contributed by atoms with Gasteiger partial charge in [-0.1, -0.05) is 31.4 Å². The number of carbonyl (C=O) groups excluding carboxylic acids is 1. The van der Waals surface area contributed by atoms with Crippen LogP contribution in [-0.2, 0) is 0 Å². The normalized spacial score (nSPS) is 22.2. The zero-order valence-electron chi connectivity index (χ0n) is 10.2. The van der Waals surface area contributed by atoms with Gasteiger partial charge in [0.2, 0.25) is 0 Å². The summed E-state index contributed by atoms with van der Waals surface area (Å²) >= 11 is 0. The third kappa shape index (κ3) is 1.97. The molecule has 2 aliphatic rings. The predicted octanol–water partition coefficient (Wildman–Crippen LogP) is 3.27. The summed E-state index contributed by atoms with van der Waals surface area (Å²) in [5.74, 6) is 0. The lowest BCUT2D eigenvalue weighted by Gasteiger charge is -2.53. The van der Waals surface area contributed by atoms with E-state index in [-0.39, 0.29) is 0 Å². The molecule has 3 rings (SSSR count). The Hall–Kier alpha value is -1.31. The van der Waals surface area contributed by atoms with Crippen molar-refractivity contribution < 1.29 is 4.79 Å². The van der Waals surface area contributed by atoms with Crippen LogP contribution in [-0.4, -0.2) is 19.4 Å². The maximum absolute atomic E-state index is 10.8.